The molecule has 2 saturated heterocycles. The van der Waals surface area contributed by atoms with Crippen LogP contribution in [0.25, 0.3) is 5.69 Å². The van der Waals surface area contributed by atoms with Gasteiger partial charge in [-0.2, -0.15) is 4.68 Å². The number of benzene rings is 1. The van der Waals surface area contributed by atoms with Crippen molar-refractivity contribution in [3.63, 3.8) is 0 Å². The van der Waals surface area contributed by atoms with Gasteiger partial charge in [0.05, 0.1) is 5.69 Å². The highest BCUT2D eigenvalue weighted by Crippen LogP contribution is 2.36. The minimum atomic E-state index is 0.00648. The van der Waals surface area contributed by atoms with Crippen molar-refractivity contribution in [2.24, 2.45) is 0 Å². The van der Waals surface area contributed by atoms with Crippen molar-refractivity contribution in [1.29, 1.82) is 0 Å². The molecule has 2 aliphatic rings. The van der Waals surface area contributed by atoms with Crippen LogP contribution < -0.4 is 4.74 Å². The molecule has 0 radical (unpaired) electrons. The van der Waals surface area contributed by atoms with Gasteiger partial charge in [-0.25, -0.2) is 0 Å². The lowest BCUT2D eigenvalue weighted by molar-refractivity contribution is 0.0453. The Morgan fingerprint density at radius 3 is 3.05 bits per heavy atom. The van der Waals surface area contributed by atoms with Gasteiger partial charge in [-0.3, -0.25) is 4.90 Å². The van der Waals surface area contributed by atoms with Crippen LogP contribution >= 0.6 is 0 Å². The molecule has 1 aromatic carbocycles. The Labute approximate surface area is 123 Å². The van der Waals surface area contributed by atoms with Gasteiger partial charge < -0.3 is 4.74 Å². The first-order valence-corrected chi connectivity index (χ1v) is 7.51. The van der Waals surface area contributed by atoms with E-state index in [1.807, 2.05) is 31.2 Å². The van der Waals surface area contributed by atoms with Crippen LogP contribution in [0.15, 0.2) is 24.3 Å². The second kappa shape index (κ2) is 4.80. The van der Waals surface area contributed by atoms with Crippen molar-refractivity contribution in [2.75, 3.05) is 19.6 Å². The summed E-state index contributed by atoms with van der Waals surface area (Å²) in [6, 6.07) is 8.04. The van der Waals surface area contributed by atoms with Crippen molar-refractivity contribution >= 4 is 0 Å². The van der Waals surface area contributed by atoms with Crippen LogP contribution in [-0.2, 0) is 0 Å². The Bertz CT molecular complexity index is 651. The highest BCUT2D eigenvalue weighted by Gasteiger charge is 2.42. The molecule has 2 atom stereocenters. The largest absolute Gasteiger partial charge is 0.486 e. The van der Waals surface area contributed by atoms with Crippen molar-refractivity contribution in [1.82, 2.24) is 25.1 Å². The SMILES string of the molecule is Cc1nnnn1-c1cccc(O[C@]23CCCN(CC2)C3)c1. The quantitative estimate of drug-likeness (QED) is 0.857. The van der Waals surface area contributed by atoms with Crippen molar-refractivity contribution < 1.29 is 4.74 Å². The Hall–Kier alpha value is -1.95. The highest BCUT2D eigenvalue weighted by molar-refractivity contribution is 5.39. The first kappa shape index (κ1) is 12.8. The molecular weight excluding hydrogens is 266 g/mol. The summed E-state index contributed by atoms with van der Waals surface area (Å²) >= 11 is 0. The zero-order chi connectivity index (χ0) is 14.3. The third kappa shape index (κ3) is 2.29. The van der Waals surface area contributed by atoms with Crippen LogP contribution in [0.5, 0.6) is 5.75 Å². The van der Waals surface area contributed by atoms with Gasteiger partial charge in [-0.1, -0.05) is 6.07 Å². The lowest BCUT2D eigenvalue weighted by atomic mass is 9.94. The molecule has 2 aromatic rings. The second-order valence-corrected chi connectivity index (χ2v) is 6.05. The highest BCUT2D eigenvalue weighted by atomic mass is 16.5. The van der Waals surface area contributed by atoms with Gasteiger partial charge in [0.1, 0.15) is 11.4 Å². The predicted molar refractivity (Wildman–Crippen MR) is 77.5 cm³/mol. The maximum atomic E-state index is 6.39. The molecule has 0 aliphatic carbocycles. The van der Waals surface area contributed by atoms with Gasteiger partial charge in [-0.15, -0.1) is 5.10 Å². The van der Waals surface area contributed by atoms with Crippen molar-refractivity contribution in [2.45, 2.75) is 31.8 Å². The van der Waals surface area contributed by atoms with Crippen LogP contribution in [0.2, 0.25) is 0 Å². The molecule has 1 unspecified atom stereocenters. The summed E-state index contributed by atoms with van der Waals surface area (Å²) in [6.07, 6.45) is 3.50. The van der Waals surface area contributed by atoms with E-state index in [4.69, 9.17) is 4.74 Å². The molecule has 110 valence electrons. The monoisotopic (exact) mass is 285 g/mol. The average molecular weight is 285 g/mol. The molecule has 21 heavy (non-hydrogen) atoms. The Morgan fingerprint density at radius 2 is 2.19 bits per heavy atom. The zero-order valence-electron chi connectivity index (χ0n) is 12.2. The first-order valence-electron chi connectivity index (χ1n) is 7.51. The molecule has 0 spiro atoms. The van der Waals surface area contributed by atoms with E-state index in [1.54, 1.807) is 4.68 Å². The summed E-state index contributed by atoms with van der Waals surface area (Å²) in [5.74, 6) is 1.68. The third-order valence-corrected chi connectivity index (χ3v) is 4.52. The molecular formula is C15H19N5O. The summed E-state index contributed by atoms with van der Waals surface area (Å²) in [6.45, 7) is 5.32. The first-order chi connectivity index (χ1) is 10.2. The van der Waals surface area contributed by atoms with Crippen LogP contribution in [-0.4, -0.2) is 50.3 Å². The molecule has 0 amide bonds. The van der Waals surface area contributed by atoms with E-state index in [0.717, 1.165) is 43.2 Å². The third-order valence-electron chi connectivity index (χ3n) is 4.52. The van der Waals surface area contributed by atoms with E-state index in [0.29, 0.717) is 0 Å². The Kier molecular flexibility index (Phi) is 2.92. The number of aryl methyl sites for hydroxylation is 1. The van der Waals surface area contributed by atoms with Crippen molar-refractivity contribution in [3.8, 4) is 11.4 Å². The number of nitrogens with zero attached hydrogens (tertiary/aromatic N) is 5. The van der Waals surface area contributed by atoms with Gasteiger partial charge in [-0.05, 0) is 48.9 Å². The van der Waals surface area contributed by atoms with Crippen molar-refractivity contribution in [3.05, 3.63) is 30.1 Å². The number of rotatable bonds is 3. The molecule has 2 fully saturated rings. The van der Waals surface area contributed by atoms with Gasteiger partial charge >= 0.3 is 0 Å². The number of piperidine rings is 1. The Morgan fingerprint density at radius 1 is 1.24 bits per heavy atom. The minimum Gasteiger partial charge on any atom is -0.486 e. The summed E-state index contributed by atoms with van der Waals surface area (Å²) in [5, 5.41) is 11.6. The molecule has 6 heteroatoms. The van der Waals surface area contributed by atoms with E-state index < -0.39 is 0 Å². The normalized spacial score (nSPS) is 27.8. The van der Waals surface area contributed by atoms with E-state index in [9.17, 15) is 0 Å². The summed E-state index contributed by atoms with van der Waals surface area (Å²) in [4.78, 5) is 2.50. The second-order valence-electron chi connectivity index (χ2n) is 6.05. The molecule has 4 rings (SSSR count). The minimum absolute atomic E-state index is 0.00648. The van der Waals surface area contributed by atoms with E-state index in [2.05, 4.69) is 20.4 Å². The Balaban J connectivity index is 1.60. The lowest BCUT2D eigenvalue weighted by Crippen LogP contribution is -2.43. The summed E-state index contributed by atoms with van der Waals surface area (Å²) in [5.41, 5.74) is 0.948. The molecule has 2 aliphatic heterocycles. The number of aromatic nitrogens is 4. The molecule has 0 saturated carbocycles. The average Bonchev–Trinajstić information content (AvgIpc) is 3.03. The van der Waals surface area contributed by atoms with Crippen LogP contribution in [0.4, 0.5) is 0 Å². The zero-order valence-corrected chi connectivity index (χ0v) is 12.2. The topological polar surface area (TPSA) is 56.1 Å². The standard InChI is InChI=1S/C15H19N5O/c1-12-16-17-18-20(12)13-4-2-5-14(10-13)21-15-6-3-8-19(11-15)9-7-15/h2,4-5,10H,3,6-9,11H2,1H3/t15-/m1/s1. The smallest absolute Gasteiger partial charge is 0.153 e. The van der Waals surface area contributed by atoms with Crippen LogP contribution in [0.3, 0.4) is 0 Å². The molecule has 6 nitrogen and oxygen atoms in total. The fourth-order valence-electron chi connectivity index (χ4n) is 3.48. The maximum absolute atomic E-state index is 6.39. The molecule has 2 bridgehead atoms. The van der Waals surface area contributed by atoms with Gasteiger partial charge in [0.2, 0.25) is 0 Å². The predicted octanol–water partition coefficient (Wildman–Crippen LogP) is 1.59. The molecule has 3 heterocycles. The fourth-order valence-corrected chi connectivity index (χ4v) is 3.48. The number of tetrazole rings is 1. The van der Waals surface area contributed by atoms with E-state index in [-0.39, 0.29) is 5.60 Å². The maximum Gasteiger partial charge on any atom is 0.153 e. The van der Waals surface area contributed by atoms with Crippen LogP contribution in [0.1, 0.15) is 25.1 Å². The molecule has 0 N–H and O–H groups in total. The summed E-state index contributed by atoms with van der Waals surface area (Å²) in [7, 11) is 0. The lowest BCUT2D eigenvalue weighted by Gasteiger charge is -2.34. The van der Waals surface area contributed by atoms with Crippen LogP contribution in [0, 0.1) is 6.92 Å². The van der Waals surface area contributed by atoms with Gasteiger partial charge in [0.15, 0.2) is 5.82 Å². The van der Waals surface area contributed by atoms with Gasteiger partial charge in [0.25, 0.3) is 0 Å². The summed E-state index contributed by atoms with van der Waals surface area (Å²) < 4.78 is 8.12. The number of ether oxygens (including phenoxy) is 1. The number of hydrogen-bond acceptors (Lipinski definition) is 5. The number of fused-ring (bicyclic) bond motifs is 2. The van der Waals surface area contributed by atoms with E-state index in [1.165, 1.54) is 13.0 Å². The van der Waals surface area contributed by atoms with E-state index >= 15 is 0 Å². The molecule has 1 aromatic heterocycles. The van der Waals surface area contributed by atoms with Gasteiger partial charge in [0, 0.05) is 25.6 Å². The number of hydrogen-bond donors (Lipinski definition) is 0. The fraction of sp³-hybridized carbons (Fsp3) is 0.533.